The summed E-state index contributed by atoms with van der Waals surface area (Å²) in [4.78, 5) is 32.2. The molecule has 28 heavy (non-hydrogen) atoms. The maximum atomic E-state index is 13.0. The van der Waals surface area contributed by atoms with E-state index in [-0.39, 0.29) is 17.2 Å². The van der Waals surface area contributed by atoms with Crippen LogP contribution in [0.2, 0.25) is 0 Å². The normalized spacial score (nSPS) is 13.8. The molecule has 1 aromatic heterocycles. The van der Waals surface area contributed by atoms with Crippen molar-refractivity contribution in [2.45, 2.75) is 37.9 Å². The van der Waals surface area contributed by atoms with Crippen LogP contribution < -0.4 is 5.56 Å². The number of allylic oxidation sites excluding steroid dienone is 2. The SMILES string of the molecule is CCN(C(=O)CSc1nc2ccc(Br)cc2c(=O)n1CCOC)C1=CCCC1. The van der Waals surface area contributed by atoms with Gasteiger partial charge in [0.2, 0.25) is 5.91 Å². The lowest BCUT2D eigenvalue weighted by molar-refractivity contribution is -0.126. The van der Waals surface area contributed by atoms with Crippen LogP contribution in [0.4, 0.5) is 0 Å². The molecule has 1 aliphatic carbocycles. The van der Waals surface area contributed by atoms with Crippen LogP contribution in [-0.4, -0.2) is 46.4 Å². The summed E-state index contributed by atoms with van der Waals surface area (Å²) in [5.74, 6) is 0.288. The Kier molecular flexibility index (Phi) is 7.31. The number of amides is 1. The lowest BCUT2D eigenvalue weighted by Crippen LogP contribution is -2.31. The third-order valence-electron chi connectivity index (χ3n) is 4.71. The zero-order chi connectivity index (χ0) is 20.1. The summed E-state index contributed by atoms with van der Waals surface area (Å²) in [5.41, 5.74) is 1.62. The Bertz CT molecular complexity index is 958. The quantitative estimate of drug-likeness (QED) is 0.437. The van der Waals surface area contributed by atoms with E-state index in [1.54, 1.807) is 17.7 Å². The predicted octanol–water partition coefficient (Wildman–Crippen LogP) is 3.81. The molecule has 0 atom stereocenters. The lowest BCUT2D eigenvalue weighted by atomic mass is 10.2. The van der Waals surface area contributed by atoms with Crippen LogP contribution in [0.5, 0.6) is 0 Å². The van der Waals surface area contributed by atoms with E-state index >= 15 is 0 Å². The highest BCUT2D eigenvalue weighted by molar-refractivity contribution is 9.10. The van der Waals surface area contributed by atoms with E-state index in [0.717, 1.165) is 29.4 Å². The molecule has 3 rings (SSSR count). The van der Waals surface area contributed by atoms with Crippen molar-refractivity contribution in [2.24, 2.45) is 0 Å². The predicted molar refractivity (Wildman–Crippen MR) is 116 cm³/mol. The molecule has 0 saturated heterocycles. The standard InChI is InChI=1S/C20H24BrN3O3S/c1-3-23(15-6-4-5-7-15)18(25)13-28-20-22-17-9-8-14(21)12-16(17)19(26)24(20)10-11-27-2/h6,8-9,12H,3-5,7,10-11,13H2,1-2H3. The molecule has 8 heteroatoms. The smallest absolute Gasteiger partial charge is 0.262 e. The zero-order valence-electron chi connectivity index (χ0n) is 16.1. The highest BCUT2D eigenvalue weighted by Gasteiger charge is 2.20. The number of fused-ring (bicyclic) bond motifs is 1. The highest BCUT2D eigenvalue weighted by Crippen LogP contribution is 2.24. The maximum Gasteiger partial charge on any atom is 0.262 e. The number of rotatable bonds is 8. The van der Waals surface area contributed by atoms with Gasteiger partial charge in [0, 0.05) is 23.8 Å². The first-order valence-electron chi connectivity index (χ1n) is 9.36. The zero-order valence-corrected chi connectivity index (χ0v) is 18.5. The van der Waals surface area contributed by atoms with Crippen LogP contribution in [-0.2, 0) is 16.1 Å². The molecule has 6 nitrogen and oxygen atoms in total. The fourth-order valence-electron chi connectivity index (χ4n) is 3.31. The molecule has 0 spiro atoms. The maximum absolute atomic E-state index is 13.0. The molecule has 0 N–H and O–H groups in total. The number of aromatic nitrogens is 2. The number of methoxy groups -OCH3 is 1. The first-order chi connectivity index (χ1) is 13.5. The Morgan fingerprint density at radius 1 is 1.43 bits per heavy atom. The molecule has 150 valence electrons. The van der Waals surface area contributed by atoms with Gasteiger partial charge in [0.1, 0.15) is 0 Å². The molecule has 1 aliphatic rings. The van der Waals surface area contributed by atoms with Crippen LogP contribution in [0.25, 0.3) is 10.9 Å². The lowest BCUT2D eigenvalue weighted by Gasteiger charge is -2.22. The van der Waals surface area contributed by atoms with Gasteiger partial charge in [0.15, 0.2) is 5.16 Å². The van der Waals surface area contributed by atoms with E-state index in [0.29, 0.717) is 35.8 Å². The van der Waals surface area contributed by atoms with Gasteiger partial charge in [0.25, 0.3) is 5.56 Å². The molecule has 0 unspecified atom stereocenters. The number of hydrogen-bond acceptors (Lipinski definition) is 5. The molecular weight excluding hydrogens is 442 g/mol. The van der Waals surface area contributed by atoms with E-state index in [2.05, 4.69) is 27.0 Å². The summed E-state index contributed by atoms with van der Waals surface area (Å²) < 4.78 is 7.58. The Labute approximate surface area is 177 Å². The van der Waals surface area contributed by atoms with Crippen molar-refractivity contribution in [1.82, 2.24) is 14.5 Å². The van der Waals surface area contributed by atoms with Crippen molar-refractivity contribution in [3.8, 4) is 0 Å². The molecular formula is C20H24BrN3O3S. The number of ether oxygens (including phenoxy) is 1. The molecule has 0 radical (unpaired) electrons. The average molecular weight is 466 g/mol. The van der Waals surface area contributed by atoms with Gasteiger partial charge in [0.05, 0.1) is 29.8 Å². The number of hydrogen-bond donors (Lipinski definition) is 0. The van der Waals surface area contributed by atoms with Gasteiger partial charge in [-0.1, -0.05) is 33.8 Å². The van der Waals surface area contributed by atoms with Crippen molar-refractivity contribution in [3.63, 3.8) is 0 Å². The second-order valence-corrected chi connectivity index (χ2v) is 8.38. The summed E-state index contributed by atoms with van der Waals surface area (Å²) >= 11 is 4.71. The molecule has 0 saturated carbocycles. The Balaban J connectivity index is 1.87. The van der Waals surface area contributed by atoms with Crippen LogP contribution in [0.1, 0.15) is 26.2 Å². The molecule has 2 aromatic rings. The number of halogens is 1. The average Bonchev–Trinajstić information content (AvgIpc) is 3.21. The van der Waals surface area contributed by atoms with Gasteiger partial charge in [-0.3, -0.25) is 14.2 Å². The van der Waals surface area contributed by atoms with Gasteiger partial charge in [-0.25, -0.2) is 4.98 Å². The fraction of sp³-hybridized carbons (Fsp3) is 0.450. The van der Waals surface area contributed by atoms with Crippen molar-refractivity contribution >= 4 is 44.5 Å². The highest BCUT2D eigenvalue weighted by atomic mass is 79.9. The van der Waals surface area contributed by atoms with Crippen LogP contribution >= 0.6 is 27.7 Å². The summed E-state index contributed by atoms with van der Waals surface area (Å²) in [5, 5.41) is 1.09. The monoisotopic (exact) mass is 465 g/mol. The van der Waals surface area contributed by atoms with E-state index in [1.807, 2.05) is 24.0 Å². The minimum absolute atomic E-state index is 0.0455. The molecule has 0 bridgehead atoms. The van der Waals surface area contributed by atoms with Crippen LogP contribution in [0.15, 0.2) is 44.4 Å². The first-order valence-corrected chi connectivity index (χ1v) is 11.1. The van der Waals surface area contributed by atoms with Crippen molar-refractivity contribution in [1.29, 1.82) is 0 Å². The first kappa shape index (κ1) is 21.1. The third kappa shape index (κ3) is 4.67. The third-order valence-corrected chi connectivity index (χ3v) is 6.16. The number of benzene rings is 1. The summed E-state index contributed by atoms with van der Waals surface area (Å²) in [6.45, 7) is 3.43. The minimum Gasteiger partial charge on any atom is -0.383 e. The van der Waals surface area contributed by atoms with Gasteiger partial charge < -0.3 is 9.64 Å². The van der Waals surface area contributed by atoms with Gasteiger partial charge in [-0.05, 0) is 44.4 Å². The van der Waals surface area contributed by atoms with Crippen molar-refractivity contribution in [2.75, 3.05) is 26.0 Å². The van der Waals surface area contributed by atoms with Gasteiger partial charge >= 0.3 is 0 Å². The van der Waals surface area contributed by atoms with Gasteiger partial charge in [-0.15, -0.1) is 0 Å². The number of carbonyl (C=O) groups excluding carboxylic acids is 1. The molecule has 0 fully saturated rings. The van der Waals surface area contributed by atoms with Crippen LogP contribution in [0, 0.1) is 0 Å². The number of thioether (sulfide) groups is 1. The second kappa shape index (κ2) is 9.71. The summed E-state index contributed by atoms with van der Waals surface area (Å²) in [7, 11) is 1.60. The Hall–Kier alpha value is -1.64. The van der Waals surface area contributed by atoms with Crippen molar-refractivity contribution in [3.05, 3.63) is 44.8 Å². The summed E-state index contributed by atoms with van der Waals surface area (Å²) in [6, 6.07) is 5.45. The topological polar surface area (TPSA) is 64.4 Å². The van der Waals surface area contributed by atoms with E-state index in [9.17, 15) is 9.59 Å². The Morgan fingerprint density at radius 3 is 2.93 bits per heavy atom. The van der Waals surface area contributed by atoms with E-state index in [1.165, 1.54) is 11.8 Å². The fourth-order valence-corrected chi connectivity index (χ4v) is 4.57. The molecule has 1 aromatic carbocycles. The second-order valence-electron chi connectivity index (χ2n) is 6.52. The molecule has 1 amide bonds. The van der Waals surface area contributed by atoms with E-state index in [4.69, 9.17) is 4.74 Å². The Morgan fingerprint density at radius 2 is 2.25 bits per heavy atom. The van der Waals surface area contributed by atoms with Crippen LogP contribution in [0.3, 0.4) is 0 Å². The van der Waals surface area contributed by atoms with Crippen molar-refractivity contribution < 1.29 is 9.53 Å². The largest absolute Gasteiger partial charge is 0.383 e. The number of carbonyl (C=O) groups is 1. The number of nitrogens with zero attached hydrogens (tertiary/aromatic N) is 3. The van der Waals surface area contributed by atoms with Gasteiger partial charge in [-0.2, -0.15) is 0 Å². The molecule has 0 aliphatic heterocycles. The molecule has 1 heterocycles. The minimum atomic E-state index is -0.121. The van der Waals surface area contributed by atoms with E-state index < -0.39 is 0 Å². The summed E-state index contributed by atoms with van der Waals surface area (Å²) in [6.07, 6.45) is 5.23.